The van der Waals surface area contributed by atoms with Crippen molar-refractivity contribution in [2.75, 3.05) is 65.7 Å². The van der Waals surface area contributed by atoms with E-state index in [-0.39, 0.29) is 28.8 Å². The minimum Gasteiger partial charge on any atom is -0.493 e. The summed E-state index contributed by atoms with van der Waals surface area (Å²) in [5, 5.41) is 8.99. The van der Waals surface area contributed by atoms with Crippen LogP contribution in [0.25, 0.3) is 0 Å². The zero-order chi connectivity index (χ0) is 45.4. The summed E-state index contributed by atoms with van der Waals surface area (Å²) in [6.45, 7) is 13.3. The summed E-state index contributed by atoms with van der Waals surface area (Å²) in [5.41, 5.74) is 18.1. The monoisotopic (exact) mass is 869 g/mol. The van der Waals surface area contributed by atoms with Crippen LogP contribution < -0.4 is 52.1 Å². The molecule has 0 radical (unpaired) electrons. The highest BCUT2D eigenvalue weighted by atomic mass is 16.5. The molecular weight excluding hydrogens is 789 g/mol. The molecule has 2 aromatic carbocycles. The van der Waals surface area contributed by atoms with Crippen LogP contribution in [0.1, 0.15) is 172 Å². The Kier molecular flexibility index (Phi) is 28.8. The number of aldehydes is 1. The third-order valence-corrected chi connectivity index (χ3v) is 10.3. The molecule has 0 atom stereocenters. The number of carbonyl (C=O) groups excluding carboxylic acids is 4. The van der Waals surface area contributed by atoms with Crippen LogP contribution >= 0.6 is 0 Å². The Hall–Kier alpha value is -4.40. The first-order valence-corrected chi connectivity index (χ1v) is 23.3. The molecular formula is C48H80N6O8. The Morgan fingerprint density at radius 2 is 0.806 bits per heavy atom. The van der Waals surface area contributed by atoms with Gasteiger partial charge in [0.1, 0.15) is 23.0 Å². The maximum Gasteiger partial charge on any atom is 0.255 e. The highest BCUT2D eigenvalue weighted by molar-refractivity contribution is 6.03. The first kappa shape index (κ1) is 53.7. The van der Waals surface area contributed by atoms with Crippen molar-refractivity contribution in [3.8, 4) is 23.0 Å². The standard InChI is InChI=1S/C48H80N6O8/c1-36(2)19-29-61-42-33-43(62-30-20-37(3)4)39(31-38(42)35-55)46(56)52-25-15-7-8-16-26-54-48(58)41-32-40(47(57)53-24-14-6-5-11-21-49)44(59-27-17-9-12-22-50)34-45(41)60-28-18-10-13-23-51/h31-37H,5-30,49-51H2,1-4H3,(H,52,56)(H,53,57)(H,54,58). The number of hydrogen-bond donors (Lipinski definition) is 6. The number of rotatable bonds is 37. The van der Waals surface area contributed by atoms with Gasteiger partial charge in [0.05, 0.1) is 48.7 Å². The van der Waals surface area contributed by atoms with E-state index >= 15 is 0 Å². The number of ether oxygens (including phenoxy) is 4. The van der Waals surface area contributed by atoms with E-state index in [1.54, 1.807) is 24.3 Å². The molecule has 0 saturated carbocycles. The van der Waals surface area contributed by atoms with Gasteiger partial charge in [0, 0.05) is 31.8 Å². The van der Waals surface area contributed by atoms with E-state index in [9.17, 15) is 19.2 Å². The number of carbonyl (C=O) groups is 4. The number of hydrogen-bond acceptors (Lipinski definition) is 11. The van der Waals surface area contributed by atoms with Crippen molar-refractivity contribution < 1.29 is 38.1 Å². The maximum absolute atomic E-state index is 13.7. The lowest BCUT2D eigenvalue weighted by Crippen LogP contribution is -2.28. The fourth-order valence-electron chi connectivity index (χ4n) is 6.38. The van der Waals surface area contributed by atoms with E-state index in [1.165, 1.54) is 0 Å². The molecule has 2 aromatic rings. The lowest BCUT2D eigenvalue weighted by molar-refractivity contribution is 0.0934. The zero-order valence-electron chi connectivity index (χ0n) is 38.4. The van der Waals surface area contributed by atoms with Crippen LogP contribution in [-0.2, 0) is 0 Å². The summed E-state index contributed by atoms with van der Waals surface area (Å²) in [7, 11) is 0. The van der Waals surface area contributed by atoms with Gasteiger partial charge in [-0.1, -0.05) is 53.4 Å². The molecule has 0 saturated heterocycles. The van der Waals surface area contributed by atoms with E-state index < -0.39 is 0 Å². The van der Waals surface area contributed by atoms with Gasteiger partial charge in [-0.3, -0.25) is 19.2 Å². The summed E-state index contributed by atoms with van der Waals surface area (Å²) in [6, 6.07) is 6.45. The molecule has 2 rings (SSSR count). The van der Waals surface area contributed by atoms with Gasteiger partial charge in [0.25, 0.3) is 17.7 Å². The van der Waals surface area contributed by atoms with Crippen molar-refractivity contribution in [1.29, 1.82) is 0 Å². The SMILES string of the molecule is CC(C)CCOc1cc(OCCC(C)C)c(C(=O)NCCCCCCNC(=O)c2cc(C(=O)NCCCCCCN)c(OCCCCCN)cc2OCCCCCN)cc1C=O. The van der Waals surface area contributed by atoms with Crippen LogP contribution in [0.2, 0.25) is 0 Å². The van der Waals surface area contributed by atoms with Gasteiger partial charge in [-0.15, -0.1) is 0 Å². The van der Waals surface area contributed by atoms with Gasteiger partial charge >= 0.3 is 0 Å². The molecule has 350 valence electrons. The molecule has 0 fully saturated rings. The van der Waals surface area contributed by atoms with Crippen LogP contribution in [0, 0.1) is 11.8 Å². The minimum atomic E-state index is -0.336. The minimum absolute atomic E-state index is 0.274. The largest absolute Gasteiger partial charge is 0.493 e. The Bertz CT molecular complexity index is 1590. The van der Waals surface area contributed by atoms with Gasteiger partial charge in [-0.25, -0.2) is 0 Å². The predicted octanol–water partition coefficient (Wildman–Crippen LogP) is 7.33. The van der Waals surface area contributed by atoms with E-state index in [4.69, 9.17) is 36.1 Å². The number of unbranched alkanes of at least 4 members (excludes halogenated alkanes) is 10. The third-order valence-electron chi connectivity index (χ3n) is 10.3. The zero-order valence-corrected chi connectivity index (χ0v) is 38.4. The second-order valence-corrected chi connectivity index (χ2v) is 16.7. The van der Waals surface area contributed by atoms with Crippen LogP contribution in [0.5, 0.6) is 23.0 Å². The van der Waals surface area contributed by atoms with E-state index in [0.29, 0.717) is 124 Å². The molecule has 14 heteroatoms. The summed E-state index contributed by atoms with van der Waals surface area (Å²) >= 11 is 0. The van der Waals surface area contributed by atoms with Gasteiger partial charge in [0.15, 0.2) is 6.29 Å². The molecule has 62 heavy (non-hydrogen) atoms. The smallest absolute Gasteiger partial charge is 0.255 e. The molecule has 0 spiro atoms. The number of nitrogens with two attached hydrogens (primary N) is 3. The second kappa shape index (κ2) is 33.2. The number of benzene rings is 2. The van der Waals surface area contributed by atoms with Crippen molar-refractivity contribution >= 4 is 24.0 Å². The first-order valence-electron chi connectivity index (χ1n) is 23.3. The Balaban J connectivity index is 2.06. The molecule has 14 nitrogen and oxygen atoms in total. The molecule has 0 aliphatic rings. The highest BCUT2D eigenvalue weighted by Gasteiger charge is 2.22. The van der Waals surface area contributed by atoms with Crippen LogP contribution in [-0.4, -0.2) is 89.7 Å². The van der Waals surface area contributed by atoms with E-state index in [2.05, 4.69) is 43.6 Å². The average Bonchev–Trinajstić information content (AvgIpc) is 3.25. The van der Waals surface area contributed by atoms with Gasteiger partial charge in [-0.2, -0.15) is 0 Å². The topological polar surface area (TPSA) is 219 Å². The molecule has 0 heterocycles. The Labute approximate surface area is 371 Å². The lowest BCUT2D eigenvalue weighted by atomic mass is 10.1. The quantitative estimate of drug-likeness (QED) is 0.0292. The van der Waals surface area contributed by atoms with E-state index in [0.717, 1.165) is 96.3 Å². The highest BCUT2D eigenvalue weighted by Crippen LogP contribution is 2.32. The second-order valence-electron chi connectivity index (χ2n) is 16.7. The van der Waals surface area contributed by atoms with E-state index in [1.807, 2.05) is 0 Å². The Morgan fingerprint density at radius 3 is 1.19 bits per heavy atom. The van der Waals surface area contributed by atoms with Gasteiger partial charge in [-0.05, 0) is 121 Å². The van der Waals surface area contributed by atoms with Crippen molar-refractivity contribution in [2.45, 2.75) is 130 Å². The van der Waals surface area contributed by atoms with Crippen molar-refractivity contribution in [2.24, 2.45) is 29.0 Å². The van der Waals surface area contributed by atoms with Crippen LogP contribution in [0.4, 0.5) is 0 Å². The summed E-state index contributed by atoms with van der Waals surface area (Å²) < 4.78 is 24.3. The van der Waals surface area contributed by atoms with Crippen LogP contribution in [0.3, 0.4) is 0 Å². The van der Waals surface area contributed by atoms with Crippen molar-refractivity contribution in [3.05, 3.63) is 46.5 Å². The fourth-order valence-corrected chi connectivity index (χ4v) is 6.38. The molecule has 0 aliphatic heterocycles. The molecule has 0 unspecified atom stereocenters. The predicted molar refractivity (Wildman–Crippen MR) is 248 cm³/mol. The average molecular weight is 869 g/mol. The first-order chi connectivity index (χ1) is 30.1. The summed E-state index contributed by atoms with van der Waals surface area (Å²) in [5.74, 6) is 1.46. The number of nitrogens with one attached hydrogen (secondary N) is 3. The van der Waals surface area contributed by atoms with Crippen LogP contribution in [0.15, 0.2) is 24.3 Å². The van der Waals surface area contributed by atoms with Crippen molar-refractivity contribution in [3.63, 3.8) is 0 Å². The summed E-state index contributed by atoms with van der Waals surface area (Å²) in [4.78, 5) is 52.6. The third kappa shape index (κ3) is 22.1. The van der Waals surface area contributed by atoms with Gasteiger partial charge in [0.2, 0.25) is 0 Å². The maximum atomic E-state index is 13.7. The summed E-state index contributed by atoms with van der Waals surface area (Å²) in [6.07, 6.45) is 14.3. The fraction of sp³-hybridized carbons (Fsp3) is 0.667. The van der Waals surface area contributed by atoms with Gasteiger partial charge < -0.3 is 52.1 Å². The normalized spacial score (nSPS) is 11.1. The molecule has 9 N–H and O–H groups in total. The molecule has 3 amide bonds. The Morgan fingerprint density at radius 1 is 0.468 bits per heavy atom. The molecule has 0 aromatic heterocycles. The molecule has 0 aliphatic carbocycles. The lowest BCUT2D eigenvalue weighted by Gasteiger charge is -2.18. The molecule has 0 bridgehead atoms. The van der Waals surface area contributed by atoms with Crippen molar-refractivity contribution in [1.82, 2.24) is 16.0 Å². The number of amides is 3.